The summed E-state index contributed by atoms with van der Waals surface area (Å²) in [6.07, 6.45) is 2.56. The molecule has 0 unspecified atom stereocenters. The Bertz CT molecular complexity index is 1030. The van der Waals surface area contributed by atoms with Crippen molar-refractivity contribution >= 4 is 28.9 Å². The number of thiophene rings is 1. The molecule has 170 valence electrons. The summed E-state index contributed by atoms with van der Waals surface area (Å²) in [5.74, 6) is 0.215. The highest BCUT2D eigenvalue weighted by Crippen LogP contribution is 2.19. The van der Waals surface area contributed by atoms with E-state index in [1.807, 2.05) is 30.3 Å². The molecule has 0 aliphatic carbocycles. The number of methoxy groups -OCH3 is 2. The first-order valence-electron chi connectivity index (χ1n) is 10.3. The number of benzene rings is 1. The number of nitrogens with zero attached hydrogens (tertiary/aromatic N) is 2. The Kier molecular flexibility index (Phi) is 8.08. The van der Waals surface area contributed by atoms with Gasteiger partial charge in [-0.05, 0) is 48.6 Å². The topological polar surface area (TPSA) is 72.8 Å². The molecule has 0 aliphatic rings. The van der Waals surface area contributed by atoms with E-state index in [-0.39, 0.29) is 18.5 Å². The molecule has 8 heteroatoms. The minimum Gasteiger partial charge on any atom is -0.497 e. The van der Waals surface area contributed by atoms with Crippen LogP contribution in [-0.2, 0) is 29.5 Å². The summed E-state index contributed by atoms with van der Waals surface area (Å²) in [7, 11) is 4.71. The highest BCUT2D eigenvalue weighted by molar-refractivity contribution is 7.09. The van der Waals surface area contributed by atoms with Crippen LogP contribution in [0.1, 0.15) is 27.9 Å². The first-order valence-corrected chi connectivity index (χ1v) is 11.2. The predicted octanol–water partition coefficient (Wildman–Crippen LogP) is 3.95. The highest BCUT2D eigenvalue weighted by Gasteiger charge is 2.20. The normalized spacial score (nSPS) is 11.9. The van der Waals surface area contributed by atoms with Gasteiger partial charge in [-0.1, -0.05) is 18.2 Å². The second-order valence-corrected chi connectivity index (χ2v) is 8.68. The van der Waals surface area contributed by atoms with Crippen molar-refractivity contribution in [2.45, 2.75) is 25.9 Å². The van der Waals surface area contributed by atoms with Crippen molar-refractivity contribution in [2.24, 2.45) is 7.05 Å². The third kappa shape index (κ3) is 6.21. The molecule has 0 radical (unpaired) electrons. The number of hydrogen-bond acceptors (Lipinski definition) is 6. The lowest BCUT2D eigenvalue weighted by molar-refractivity contribution is -0.118. The van der Waals surface area contributed by atoms with Gasteiger partial charge in [0.05, 0.1) is 26.5 Å². The van der Waals surface area contributed by atoms with E-state index in [0.717, 1.165) is 17.7 Å². The van der Waals surface area contributed by atoms with Gasteiger partial charge in [-0.15, -0.1) is 11.3 Å². The van der Waals surface area contributed by atoms with Crippen LogP contribution in [0, 0.1) is 0 Å². The molecule has 0 saturated carbocycles. The number of aryl methyl sites for hydroxylation is 1. The molecule has 32 heavy (non-hydrogen) atoms. The maximum Gasteiger partial charge on any atom is 0.354 e. The van der Waals surface area contributed by atoms with Crippen LogP contribution >= 0.6 is 11.3 Å². The Morgan fingerprint density at radius 1 is 1.19 bits per heavy atom. The van der Waals surface area contributed by atoms with Gasteiger partial charge in [0.1, 0.15) is 11.4 Å². The zero-order valence-electron chi connectivity index (χ0n) is 18.8. The fraction of sp³-hybridized carbons (Fsp3) is 0.333. The Morgan fingerprint density at radius 3 is 2.56 bits per heavy atom. The summed E-state index contributed by atoms with van der Waals surface area (Å²) in [5, 5.41) is 4.97. The van der Waals surface area contributed by atoms with Crippen molar-refractivity contribution in [3.63, 3.8) is 0 Å². The van der Waals surface area contributed by atoms with Crippen molar-refractivity contribution in [2.75, 3.05) is 26.1 Å². The summed E-state index contributed by atoms with van der Waals surface area (Å²) in [5.41, 5.74) is 2.04. The van der Waals surface area contributed by atoms with Crippen molar-refractivity contribution in [3.05, 3.63) is 70.2 Å². The molecule has 3 rings (SSSR count). The number of anilines is 1. The quantitative estimate of drug-likeness (QED) is 0.469. The molecule has 7 nitrogen and oxygen atoms in total. The Hall–Kier alpha value is -3.10. The third-order valence-corrected chi connectivity index (χ3v) is 6.17. The molecule has 1 aromatic carbocycles. The Balaban J connectivity index is 1.71. The van der Waals surface area contributed by atoms with E-state index in [2.05, 4.69) is 28.6 Å². The average Bonchev–Trinajstić information content (AvgIpc) is 3.42. The zero-order chi connectivity index (χ0) is 23.1. The van der Waals surface area contributed by atoms with Gasteiger partial charge in [0.25, 0.3) is 0 Å². The number of esters is 1. The maximum absolute atomic E-state index is 12.9. The van der Waals surface area contributed by atoms with E-state index < -0.39 is 5.97 Å². The maximum atomic E-state index is 12.9. The summed E-state index contributed by atoms with van der Waals surface area (Å²) in [4.78, 5) is 28.1. The number of ether oxygens (including phenoxy) is 2. The smallest absolute Gasteiger partial charge is 0.354 e. The van der Waals surface area contributed by atoms with Gasteiger partial charge in [0.2, 0.25) is 5.91 Å². The molecule has 2 heterocycles. The molecule has 2 aromatic heterocycles. The van der Waals surface area contributed by atoms with Gasteiger partial charge in [0, 0.05) is 30.7 Å². The largest absolute Gasteiger partial charge is 0.497 e. The number of aromatic nitrogens is 1. The van der Waals surface area contributed by atoms with Gasteiger partial charge >= 0.3 is 5.97 Å². The van der Waals surface area contributed by atoms with E-state index in [1.165, 1.54) is 12.0 Å². The number of carbonyl (C=O) groups excluding carboxylic acids is 2. The van der Waals surface area contributed by atoms with Crippen LogP contribution in [-0.4, -0.2) is 48.1 Å². The predicted molar refractivity (Wildman–Crippen MR) is 126 cm³/mol. The van der Waals surface area contributed by atoms with Crippen molar-refractivity contribution in [3.8, 4) is 5.75 Å². The second kappa shape index (κ2) is 11.0. The SMILES string of the molecule is COC(=O)c1cc(NC(=O)CN(Cc2ccc(OC)cc2)[C@H](C)Cc2cccs2)cn1C. The molecule has 1 atom stereocenters. The molecule has 0 fully saturated rings. The van der Waals surface area contributed by atoms with E-state index >= 15 is 0 Å². The van der Waals surface area contributed by atoms with E-state index in [9.17, 15) is 9.59 Å². The molecule has 0 spiro atoms. The van der Waals surface area contributed by atoms with Crippen LogP contribution in [0.15, 0.2) is 54.0 Å². The minimum atomic E-state index is -0.446. The van der Waals surface area contributed by atoms with E-state index in [1.54, 1.807) is 42.3 Å². The first kappa shape index (κ1) is 23.6. The Labute approximate surface area is 192 Å². The summed E-state index contributed by atoms with van der Waals surface area (Å²) < 4.78 is 11.7. The van der Waals surface area contributed by atoms with Crippen LogP contribution in [0.25, 0.3) is 0 Å². The number of hydrogen-bond donors (Lipinski definition) is 1. The van der Waals surface area contributed by atoms with Crippen LogP contribution < -0.4 is 10.1 Å². The zero-order valence-corrected chi connectivity index (χ0v) is 19.6. The van der Waals surface area contributed by atoms with E-state index in [0.29, 0.717) is 17.9 Å². The van der Waals surface area contributed by atoms with Gasteiger partial charge < -0.3 is 19.4 Å². The number of amides is 1. The minimum absolute atomic E-state index is 0.140. The van der Waals surface area contributed by atoms with Crippen molar-refractivity contribution in [1.29, 1.82) is 0 Å². The van der Waals surface area contributed by atoms with E-state index in [4.69, 9.17) is 9.47 Å². The number of rotatable bonds is 10. The highest BCUT2D eigenvalue weighted by atomic mass is 32.1. The molecular formula is C24H29N3O4S. The summed E-state index contributed by atoms with van der Waals surface area (Å²) >= 11 is 1.72. The summed E-state index contributed by atoms with van der Waals surface area (Å²) in [6.45, 7) is 2.99. The first-order chi connectivity index (χ1) is 15.4. The van der Waals surface area contributed by atoms with Crippen molar-refractivity contribution in [1.82, 2.24) is 9.47 Å². The molecule has 1 N–H and O–H groups in total. The Morgan fingerprint density at radius 2 is 1.94 bits per heavy atom. The summed E-state index contributed by atoms with van der Waals surface area (Å²) in [6, 6.07) is 13.8. The second-order valence-electron chi connectivity index (χ2n) is 7.65. The number of carbonyl (C=O) groups is 2. The fourth-order valence-electron chi connectivity index (χ4n) is 3.51. The molecule has 0 bridgehead atoms. The van der Waals surface area contributed by atoms with Crippen LogP contribution in [0.4, 0.5) is 5.69 Å². The molecule has 0 saturated heterocycles. The standard InChI is InChI=1S/C24H29N3O4S/c1-17(12-21-6-5-11-32-21)27(14-18-7-9-20(30-3)10-8-18)16-23(28)25-19-13-22(24(29)31-4)26(2)15-19/h5-11,13,15,17H,12,14,16H2,1-4H3,(H,25,28)/t17-/m1/s1. The van der Waals surface area contributed by atoms with Gasteiger partial charge in [-0.3, -0.25) is 9.69 Å². The molecule has 0 aliphatic heterocycles. The average molecular weight is 456 g/mol. The van der Waals surface area contributed by atoms with Crippen LogP contribution in [0.2, 0.25) is 0 Å². The van der Waals surface area contributed by atoms with Gasteiger partial charge in [-0.2, -0.15) is 0 Å². The number of nitrogens with one attached hydrogen (secondary N) is 1. The van der Waals surface area contributed by atoms with Gasteiger partial charge in [-0.25, -0.2) is 4.79 Å². The van der Waals surface area contributed by atoms with Crippen LogP contribution in [0.3, 0.4) is 0 Å². The lowest BCUT2D eigenvalue weighted by Gasteiger charge is -2.28. The van der Waals surface area contributed by atoms with Gasteiger partial charge in [0.15, 0.2) is 0 Å². The van der Waals surface area contributed by atoms with Crippen molar-refractivity contribution < 1.29 is 19.1 Å². The fourth-order valence-corrected chi connectivity index (χ4v) is 4.33. The van der Waals surface area contributed by atoms with Crippen LogP contribution in [0.5, 0.6) is 5.75 Å². The molecular weight excluding hydrogens is 426 g/mol. The third-order valence-electron chi connectivity index (χ3n) is 5.27. The lowest BCUT2D eigenvalue weighted by atomic mass is 10.1. The lowest BCUT2D eigenvalue weighted by Crippen LogP contribution is -2.40. The monoisotopic (exact) mass is 455 g/mol. The molecule has 3 aromatic rings. The molecule has 1 amide bonds.